The minimum Gasteiger partial charge on any atom is -0.508 e. The Morgan fingerprint density at radius 1 is 1.17 bits per heavy atom. The molecule has 3 nitrogen and oxygen atoms in total. The van der Waals surface area contributed by atoms with E-state index in [9.17, 15) is 18.3 Å². The topological polar surface area (TPSA) is 42.4 Å². The molecule has 0 fully saturated rings. The number of phenols is 1. The van der Waals surface area contributed by atoms with Crippen LogP contribution in [0.3, 0.4) is 0 Å². The average molecular weight is 255 g/mol. The molecule has 0 saturated heterocycles. The van der Waals surface area contributed by atoms with Crippen molar-refractivity contribution in [3.05, 3.63) is 42.7 Å². The van der Waals surface area contributed by atoms with Crippen LogP contribution in [-0.4, -0.2) is 16.5 Å². The lowest BCUT2D eigenvalue weighted by atomic mass is 10.1. The van der Waals surface area contributed by atoms with Crippen molar-refractivity contribution < 1.29 is 23.0 Å². The molecule has 1 N–H and O–H groups in total. The number of benzene rings is 1. The van der Waals surface area contributed by atoms with Crippen LogP contribution in [0.25, 0.3) is 11.1 Å². The van der Waals surface area contributed by atoms with Gasteiger partial charge in [0, 0.05) is 23.5 Å². The van der Waals surface area contributed by atoms with Crippen LogP contribution in [0.15, 0.2) is 42.7 Å². The van der Waals surface area contributed by atoms with Crippen LogP contribution in [0.2, 0.25) is 0 Å². The van der Waals surface area contributed by atoms with E-state index in [1.807, 2.05) is 0 Å². The SMILES string of the molecule is Oc1ccc(OC(F)(F)F)c(-c2cccnc2)c1. The fourth-order valence-corrected chi connectivity index (χ4v) is 1.48. The predicted octanol–water partition coefficient (Wildman–Crippen LogP) is 3.35. The van der Waals surface area contributed by atoms with Gasteiger partial charge in [-0.15, -0.1) is 13.2 Å². The lowest BCUT2D eigenvalue weighted by Gasteiger charge is -2.13. The highest BCUT2D eigenvalue weighted by Crippen LogP contribution is 2.35. The number of aromatic nitrogens is 1. The van der Waals surface area contributed by atoms with Gasteiger partial charge in [0.25, 0.3) is 0 Å². The zero-order valence-corrected chi connectivity index (χ0v) is 8.98. The van der Waals surface area contributed by atoms with Gasteiger partial charge < -0.3 is 9.84 Å². The normalized spacial score (nSPS) is 11.3. The van der Waals surface area contributed by atoms with Gasteiger partial charge in [-0.2, -0.15) is 0 Å². The number of hydrogen-bond acceptors (Lipinski definition) is 3. The number of hydrogen-bond donors (Lipinski definition) is 1. The highest BCUT2D eigenvalue weighted by molar-refractivity contribution is 5.71. The number of nitrogens with zero attached hydrogens (tertiary/aromatic N) is 1. The van der Waals surface area contributed by atoms with E-state index in [4.69, 9.17) is 0 Å². The Bertz CT molecular complexity index is 541. The molecule has 0 atom stereocenters. The lowest BCUT2D eigenvalue weighted by molar-refractivity contribution is -0.274. The molecule has 1 aromatic carbocycles. The van der Waals surface area contributed by atoms with Crippen LogP contribution in [-0.2, 0) is 0 Å². The average Bonchev–Trinajstić information content (AvgIpc) is 2.31. The zero-order chi connectivity index (χ0) is 13.2. The van der Waals surface area contributed by atoms with Crippen LogP contribution in [0.4, 0.5) is 13.2 Å². The fourth-order valence-electron chi connectivity index (χ4n) is 1.48. The van der Waals surface area contributed by atoms with E-state index in [0.29, 0.717) is 5.56 Å². The molecule has 0 aliphatic carbocycles. The summed E-state index contributed by atoms with van der Waals surface area (Å²) in [4.78, 5) is 3.81. The smallest absolute Gasteiger partial charge is 0.508 e. The van der Waals surface area contributed by atoms with E-state index in [0.717, 1.165) is 12.1 Å². The summed E-state index contributed by atoms with van der Waals surface area (Å²) in [6.07, 6.45) is -1.90. The number of halogens is 3. The Kier molecular flexibility index (Phi) is 3.10. The third kappa shape index (κ3) is 2.91. The van der Waals surface area contributed by atoms with Gasteiger partial charge in [-0.1, -0.05) is 6.07 Å². The molecule has 0 spiro atoms. The third-order valence-electron chi connectivity index (χ3n) is 2.16. The summed E-state index contributed by atoms with van der Waals surface area (Å²) in [5.41, 5.74) is 0.549. The minimum absolute atomic E-state index is 0.125. The molecule has 1 aromatic heterocycles. The lowest BCUT2D eigenvalue weighted by Crippen LogP contribution is -2.17. The maximum Gasteiger partial charge on any atom is 0.573 e. The van der Waals surface area contributed by atoms with E-state index in [1.165, 1.54) is 18.5 Å². The first-order chi connectivity index (χ1) is 8.46. The molecule has 0 aliphatic rings. The van der Waals surface area contributed by atoms with Gasteiger partial charge in [-0.05, 0) is 24.3 Å². The number of aromatic hydroxyl groups is 1. The van der Waals surface area contributed by atoms with Gasteiger partial charge in [-0.3, -0.25) is 4.98 Å². The highest BCUT2D eigenvalue weighted by atomic mass is 19.4. The molecule has 18 heavy (non-hydrogen) atoms. The summed E-state index contributed by atoms with van der Waals surface area (Å²) in [5, 5.41) is 9.34. The maximum atomic E-state index is 12.2. The van der Waals surface area contributed by atoms with Gasteiger partial charge in [0.1, 0.15) is 11.5 Å². The van der Waals surface area contributed by atoms with Crippen molar-refractivity contribution in [2.24, 2.45) is 0 Å². The van der Waals surface area contributed by atoms with Crippen molar-refractivity contribution in [1.82, 2.24) is 4.98 Å². The molecule has 94 valence electrons. The van der Waals surface area contributed by atoms with E-state index in [-0.39, 0.29) is 17.1 Å². The van der Waals surface area contributed by atoms with E-state index < -0.39 is 6.36 Å². The second-order valence-electron chi connectivity index (χ2n) is 3.47. The third-order valence-corrected chi connectivity index (χ3v) is 2.16. The van der Waals surface area contributed by atoms with Crippen LogP contribution < -0.4 is 4.74 Å². The molecular weight excluding hydrogens is 247 g/mol. The van der Waals surface area contributed by atoms with Gasteiger partial charge in [0.15, 0.2) is 0 Å². The van der Waals surface area contributed by atoms with Crippen molar-refractivity contribution in [3.63, 3.8) is 0 Å². The number of phenolic OH excluding ortho intramolecular Hbond substituents is 1. The number of alkyl halides is 3. The molecule has 0 bridgehead atoms. The summed E-state index contributed by atoms with van der Waals surface area (Å²) < 4.78 is 40.6. The van der Waals surface area contributed by atoms with Crippen LogP contribution in [0.5, 0.6) is 11.5 Å². The van der Waals surface area contributed by atoms with Crippen molar-refractivity contribution in [3.8, 4) is 22.6 Å². The first kappa shape index (κ1) is 12.2. The van der Waals surface area contributed by atoms with Gasteiger partial charge in [-0.25, -0.2) is 0 Å². The molecule has 6 heteroatoms. The Morgan fingerprint density at radius 3 is 2.56 bits per heavy atom. The summed E-state index contributed by atoms with van der Waals surface area (Å²) in [6, 6.07) is 6.53. The van der Waals surface area contributed by atoms with Crippen LogP contribution in [0.1, 0.15) is 0 Å². The minimum atomic E-state index is -4.78. The largest absolute Gasteiger partial charge is 0.573 e. The summed E-state index contributed by atoms with van der Waals surface area (Å²) in [6.45, 7) is 0. The van der Waals surface area contributed by atoms with Gasteiger partial charge in [0.05, 0.1) is 0 Å². The highest BCUT2D eigenvalue weighted by Gasteiger charge is 2.32. The first-order valence-corrected chi connectivity index (χ1v) is 4.95. The second-order valence-corrected chi connectivity index (χ2v) is 3.47. The van der Waals surface area contributed by atoms with E-state index >= 15 is 0 Å². The molecule has 0 aliphatic heterocycles. The molecule has 2 aromatic rings. The summed E-state index contributed by atoms with van der Waals surface area (Å²) in [5.74, 6) is -0.531. The molecular formula is C12H8F3NO2. The number of pyridine rings is 1. The van der Waals surface area contributed by atoms with Crippen LogP contribution >= 0.6 is 0 Å². The maximum absolute atomic E-state index is 12.2. The second kappa shape index (κ2) is 4.56. The Morgan fingerprint density at radius 2 is 1.94 bits per heavy atom. The Labute approximate surface area is 100 Å². The molecule has 0 saturated carbocycles. The first-order valence-electron chi connectivity index (χ1n) is 4.95. The standard InChI is InChI=1S/C12H8F3NO2/c13-12(14,15)18-11-4-3-9(17)6-10(11)8-2-1-5-16-7-8/h1-7,17H. The van der Waals surface area contributed by atoms with Gasteiger partial charge in [0.2, 0.25) is 0 Å². The van der Waals surface area contributed by atoms with Crippen LogP contribution in [0, 0.1) is 0 Å². The zero-order valence-electron chi connectivity index (χ0n) is 8.98. The van der Waals surface area contributed by atoms with Crippen molar-refractivity contribution in [1.29, 1.82) is 0 Å². The quantitative estimate of drug-likeness (QED) is 0.894. The molecule has 1 heterocycles. The summed E-state index contributed by atoms with van der Waals surface area (Å²) >= 11 is 0. The van der Waals surface area contributed by atoms with Crippen molar-refractivity contribution in [2.45, 2.75) is 6.36 Å². The van der Waals surface area contributed by atoms with Crippen molar-refractivity contribution >= 4 is 0 Å². The predicted molar refractivity (Wildman–Crippen MR) is 58.0 cm³/mol. The monoisotopic (exact) mass is 255 g/mol. The molecule has 0 radical (unpaired) electrons. The molecule has 0 unspecified atom stereocenters. The van der Waals surface area contributed by atoms with E-state index in [1.54, 1.807) is 12.1 Å². The van der Waals surface area contributed by atoms with E-state index in [2.05, 4.69) is 9.72 Å². The van der Waals surface area contributed by atoms with Gasteiger partial charge >= 0.3 is 6.36 Å². The number of ether oxygens (including phenoxy) is 1. The Hall–Kier alpha value is -2.24. The Balaban J connectivity index is 2.48. The number of rotatable bonds is 2. The molecule has 2 rings (SSSR count). The van der Waals surface area contributed by atoms with Crippen molar-refractivity contribution in [2.75, 3.05) is 0 Å². The summed E-state index contributed by atoms with van der Waals surface area (Å²) in [7, 11) is 0. The molecule has 0 amide bonds. The fraction of sp³-hybridized carbons (Fsp3) is 0.0833.